The maximum absolute atomic E-state index is 12.1. The van der Waals surface area contributed by atoms with Gasteiger partial charge in [-0.15, -0.1) is 11.3 Å². The van der Waals surface area contributed by atoms with Gasteiger partial charge in [0.15, 0.2) is 6.29 Å². The number of carbonyl (C=O) groups is 1. The molecule has 0 radical (unpaired) electrons. The van der Waals surface area contributed by atoms with Crippen molar-refractivity contribution in [2.75, 3.05) is 0 Å². The summed E-state index contributed by atoms with van der Waals surface area (Å²) >= 11 is 1.06. The molecule has 5 heteroatoms. The average Bonchev–Trinajstić information content (AvgIpc) is 2.79. The first kappa shape index (κ1) is 11.0. The molecule has 0 saturated carbocycles. The summed E-state index contributed by atoms with van der Waals surface area (Å²) in [7, 11) is -3.55. The molecule has 0 spiro atoms. The molecule has 0 unspecified atom stereocenters. The van der Waals surface area contributed by atoms with Gasteiger partial charge in [0.1, 0.15) is 4.21 Å². The van der Waals surface area contributed by atoms with Crippen molar-refractivity contribution in [3.63, 3.8) is 0 Å². The lowest BCUT2D eigenvalue weighted by Crippen LogP contribution is -2.01. The first-order chi connectivity index (χ1) is 7.66. The molecule has 0 bridgehead atoms. The monoisotopic (exact) mass is 252 g/mol. The summed E-state index contributed by atoms with van der Waals surface area (Å²) in [6, 6.07) is 9.59. The zero-order chi connectivity index (χ0) is 11.6. The van der Waals surface area contributed by atoms with Gasteiger partial charge in [-0.25, -0.2) is 8.42 Å². The Labute approximate surface area is 97.3 Å². The molecule has 1 aromatic heterocycles. The Morgan fingerprint density at radius 3 is 2.38 bits per heavy atom. The van der Waals surface area contributed by atoms with Crippen molar-refractivity contribution in [2.45, 2.75) is 9.10 Å². The molecule has 0 aliphatic heterocycles. The highest BCUT2D eigenvalue weighted by Crippen LogP contribution is 2.27. The van der Waals surface area contributed by atoms with Crippen molar-refractivity contribution >= 4 is 27.5 Å². The van der Waals surface area contributed by atoms with Gasteiger partial charge in [0.05, 0.1) is 4.90 Å². The predicted molar refractivity (Wildman–Crippen MR) is 61.6 cm³/mol. The van der Waals surface area contributed by atoms with Crippen LogP contribution in [0.3, 0.4) is 0 Å². The molecule has 0 N–H and O–H groups in total. The Bertz CT molecular complexity index is 597. The lowest BCUT2D eigenvalue weighted by Gasteiger charge is -2.01. The number of carbonyl (C=O) groups excluding carboxylic acids is 1. The average molecular weight is 252 g/mol. The van der Waals surface area contributed by atoms with E-state index in [0.717, 1.165) is 11.3 Å². The summed E-state index contributed by atoms with van der Waals surface area (Å²) in [4.78, 5) is 10.9. The van der Waals surface area contributed by atoms with Gasteiger partial charge in [-0.3, -0.25) is 4.79 Å². The standard InChI is InChI=1S/C11H8O3S2/c12-8-9-6-7-15-11(9)16(13,14)10-4-2-1-3-5-10/h1-8H. The molecule has 2 aromatic rings. The number of sulfone groups is 1. The summed E-state index contributed by atoms with van der Waals surface area (Å²) in [5, 5.41) is 1.60. The van der Waals surface area contributed by atoms with E-state index in [0.29, 0.717) is 6.29 Å². The fraction of sp³-hybridized carbons (Fsp3) is 0. The Hall–Kier alpha value is -1.46. The van der Waals surface area contributed by atoms with Gasteiger partial charge >= 0.3 is 0 Å². The van der Waals surface area contributed by atoms with Crippen LogP contribution in [-0.2, 0) is 9.84 Å². The highest BCUT2D eigenvalue weighted by atomic mass is 32.2. The molecular weight excluding hydrogens is 244 g/mol. The topological polar surface area (TPSA) is 51.2 Å². The van der Waals surface area contributed by atoms with Crippen LogP contribution in [0.1, 0.15) is 10.4 Å². The van der Waals surface area contributed by atoms with Crippen LogP contribution in [0.2, 0.25) is 0 Å². The maximum atomic E-state index is 12.1. The third kappa shape index (κ3) is 1.79. The van der Waals surface area contributed by atoms with Crippen molar-refractivity contribution in [1.29, 1.82) is 0 Å². The van der Waals surface area contributed by atoms with Crippen molar-refractivity contribution in [2.24, 2.45) is 0 Å². The van der Waals surface area contributed by atoms with E-state index in [1.54, 1.807) is 23.6 Å². The molecule has 3 nitrogen and oxygen atoms in total. The maximum Gasteiger partial charge on any atom is 0.216 e. The van der Waals surface area contributed by atoms with Crippen LogP contribution >= 0.6 is 11.3 Å². The summed E-state index contributed by atoms with van der Waals surface area (Å²) in [6.45, 7) is 0. The van der Waals surface area contributed by atoms with Gasteiger partial charge in [-0.2, -0.15) is 0 Å². The van der Waals surface area contributed by atoms with Gasteiger partial charge < -0.3 is 0 Å². The number of hydrogen-bond donors (Lipinski definition) is 0. The van der Waals surface area contributed by atoms with Crippen LogP contribution in [-0.4, -0.2) is 14.7 Å². The van der Waals surface area contributed by atoms with E-state index in [1.807, 2.05) is 0 Å². The first-order valence-corrected chi connectivity index (χ1v) is 6.85. The van der Waals surface area contributed by atoms with Crippen LogP contribution in [0.15, 0.2) is 50.9 Å². The molecule has 82 valence electrons. The summed E-state index contributed by atoms with van der Waals surface area (Å²) < 4.78 is 24.4. The van der Waals surface area contributed by atoms with E-state index in [1.165, 1.54) is 18.2 Å². The minimum absolute atomic E-state index is 0.105. The number of benzene rings is 1. The van der Waals surface area contributed by atoms with Crippen molar-refractivity contribution < 1.29 is 13.2 Å². The second-order valence-electron chi connectivity index (χ2n) is 3.10. The molecule has 2 rings (SSSR count). The third-order valence-corrected chi connectivity index (χ3v) is 5.37. The Kier molecular flexibility index (Phi) is 2.89. The molecule has 1 aromatic carbocycles. The summed E-state index contributed by atoms with van der Waals surface area (Å²) in [6.07, 6.45) is 0.562. The largest absolute Gasteiger partial charge is 0.298 e. The van der Waals surface area contributed by atoms with Crippen molar-refractivity contribution in [1.82, 2.24) is 0 Å². The van der Waals surface area contributed by atoms with Crippen molar-refractivity contribution in [3.05, 3.63) is 47.3 Å². The van der Waals surface area contributed by atoms with Crippen LogP contribution in [0, 0.1) is 0 Å². The second kappa shape index (κ2) is 4.19. The lowest BCUT2D eigenvalue weighted by molar-refractivity contribution is 0.112. The molecule has 0 saturated heterocycles. The van der Waals surface area contributed by atoms with Gasteiger partial charge in [0.2, 0.25) is 9.84 Å². The lowest BCUT2D eigenvalue weighted by atomic mass is 10.4. The van der Waals surface area contributed by atoms with Crippen molar-refractivity contribution in [3.8, 4) is 0 Å². The quantitative estimate of drug-likeness (QED) is 0.788. The van der Waals surface area contributed by atoms with E-state index < -0.39 is 9.84 Å². The molecule has 1 heterocycles. The first-order valence-electron chi connectivity index (χ1n) is 4.49. The molecule has 16 heavy (non-hydrogen) atoms. The number of aldehydes is 1. The van der Waals surface area contributed by atoms with Gasteiger partial charge in [0.25, 0.3) is 0 Å². The van der Waals surface area contributed by atoms with Gasteiger partial charge in [-0.05, 0) is 23.6 Å². The van der Waals surface area contributed by atoms with E-state index in [-0.39, 0.29) is 14.7 Å². The molecule has 0 aliphatic rings. The highest BCUT2D eigenvalue weighted by molar-refractivity contribution is 7.93. The van der Waals surface area contributed by atoms with Crippen LogP contribution in [0.5, 0.6) is 0 Å². The SMILES string of the molecule is O=Cc1ccsc1S(=O)(=O)c1ccccc1. The Balaban J connectivity index is 2.61. The fourth-order valence-corrected chi connectivity index (χ4v) is 4.03. The molecule has 0 aliphatic carbocycles. The minimum atomic E-state index is -3.55. The van der Waals surface area contributed by atoms with Crippen LogP contribution in [0.25, 0.3) is 0 Å². The van der Waals surface area contributed by atoms with Crippen LogP contribution < -0.4 is 0 Å². The van der Waals surface area contributed by atoms with E-state index in [9.17, 15) is 13.2 Å². The van der Waals surface area contributed by atoms with Crippen LogP contribution in [0.4, 0.5) is 0 Å². The summed E-state index contributed by atoms with van der Waals surface area (Å²) in [5.74, 6) is 0. The molecule has 0 atom stereocenters. The van der Waals surface area contributed by atoms with Gasteiger partial charge in [0, 0.05) is 5.56 Å². The molecule has 0 fully saturated rings. The smallest absolute Gasteiger partial charge is 0.216 e. The fourth-order valence-electron chi connectivity index (χ4n) is 1.32. The molecular formula is C11H8O3S2. The normalized spacial score (nSPS) is 11.2. The number of thiophene rings is 1. The third-order valence-electron chi connectivity index (χ3n) is 2.08. The van der Waals surface area contributed by atoms with E-state index >= 15 is 0 Å². The van der Waals surface area contributed by atoms with Gasteiger partial charge in [-0.1, -0.05) is 18.2 Å². The summed E-state index contributed by atoms with van der Waals surface area (Å²) in [5.41, 5.74) is 0.217. The van der Waals surface area contributed by atoms with E-state index in [4.69, 9.17) is 0 Å². The Morgan fingerprint density at radius 1 is 1.06 bits per heavy atom. The number of rotatable bonds is 3. The van der Waals surface area contributed by atoms with E-state index in [2.05, 4.69) is 0 Å². The number of hydrogen-bond acceptors (Lipinski definition) is 4. The second-order valence-corrected chi connectivity index (χ2v) is 6.16. The zero-order valence-electron chi connectivity index (χ0n) is 8.16. The minimum Gasteiger partial charge on any atom is -0.298 e. The zero-order valence-corrected chi connectivity index (χ0v) is 9.79. The highest BCUT2D eigenvalue weighted by Gasteiger charge is 2.22. The molecule has 0 amide bonds. The Morgan fingerprint density at radius 2 is 1.75 bits per heavy atom. The predicted octanol–water partition coefficient (Wildman–Crippen LogP) is 2.39.